The van der Waals surface area contributed by atoms with E-state index in [-0.39, 0.29) is 17.5 Å². The Morgan fingerprint density at radius 3 is 2.33 bits per heavy atom. The molecule has 0 spiro atoms. The molecule has 0 atom stereocenters. The number of carbonyl (C=O) groups excluding carboxylic acids is 1. The molecule has 27 heavy (non-hydrogen) atoms. The van der Waals surface area contributed by atoms with Crippen molar-refractivity contribution in [1.82, 2.24) is 10.2 Å². The first kappa shape index (κ1) is 18.7. The van der Waals surface area contributed by atoms with E-state index >= 15 is 0 Å². The van der Waals surface area contributed by atoms with Crippen molar-refractivity contribution in [2.45, 2.75) is 0 Å². The second-order valence-electron chi connectivity index (χ2n) is 5.29. The molecule has 0 bridgehead atoms. The average Bonchev–Trinajstić information content (AvgIpc) is 3.15. The lowest BCUT2D eigenvalue weighted by molar-refractivity contribution is 0.102. The van der Waals surface area contributed by atoms with Crippen LogP contribution < -0.4 is 19.5 Å². The molecule has 3 rings (SSSR count). The lowest BCUT2D eigenvalue weighted by atomic mass is 10.1. The summed E-state index contributed by atoms with van der Waals surface area (Å²) in [7, 11) is 4.44. The van der Waals surface area contributed by atoms with Gasteiger partial charge in [0, 0.05) is 15.6 Å². The Morgan fingerprint density at radius 2 is 1.74 bits per heavy atom. The lowest BCUT2D eigenvalue weighted by Crippen LogP contribution is -2.13. The summed E-state index contributed by atoms with van der Waals surface area (Å²) in [5.74, 6) is 0.950. The number of nitrogens with zero attached hydrogens (tertiary/aromatic N) is 2. The van der Waals surface area contributed by atoms with Crippen molar-refractivity contribution in [1.29, 1.82) is 0 Å². The SMILES string of the molecule is COc1cc(C(=O)Nc2nnc(-c3cccc(Br)c3)o2)cc(OC)c1OC. The number of nitrogens with one attached hydrogen (secondary N) is 1. The van der Waals surface area contributed by atoms with Gasteiger partial charge in [0.25, 0.3) is 5.91 Å². The minimum Gasteiger partial charge on any atom is -0.493 e. The second-order valence-corrected chi connectivity index (χ2v) is 6.21. The monoisotopic (exact) mass is 433 g/mol. The molecule has 0 aliphatic carbocycles. The van der Waals surface area contributed by atoms with Crippen LogP contribution in [-0.4, -0.2) is 37.4 Å². The van der Waals surface area contributed by atoms with Gasteiger partial charge in [0.15, 0.2) is 11.5 Å². The molecule has 9 heteroatoms. The summed E-state index contributed by atoms with van der Waals surface area (Å²) in [5, 5.41) is 10.4. The Kier molecular flexibility index (Phi) is 5.60. The van der Waals surface area contributed by atoms with Gasteiger partial charge >= 0.3 is 6.01 Å². The average molecular weight is 434 g/mol. The molecule has 8 nitrogen and oxygen atoms in total. The van der Waals surface area contributed by atoms with Gasteiger partial charge in [0.2, 0.25) is 11.6 Å². The Morgan fingerprint density at radius 1 is 1.04 bits per heavy atom. The molecule has 0 radical (unpaired) electrons. The third-order valence-electron chi connectivity index (χ3n) is 3.64. The number of carbonyl (C=O) groups is 1. The summed E-state index contributed by atoms with van der Waals surface area (Å²) >= 11 is 3.38. The minimum absolute atomic E-state index is 0.0243. The quantitative estimate of drug-likeness (QED) is 0.631. The van der Waals surface area contributed by atoms with Crippen molar-refractivity contribution in [2.24, 2.45) is 0 Å². The Labute approximate surface area is 163 Å². The van der Waals surface area contributed by atoms with Crippen LogP contribution >= 0.6 is 15.9 Å². The number of hydrogen-bond donors (Lipinski definition) is 1. The van der Waals surface area contributed by atoms with E-state index in [1.54, 1.807) is 0 Å². The fraction of sp³-hybridized carbons (Fsp3) is 0.167. The summed E-state index contributed by atoms with van der Waals surface area (Å²) in [5.41, 5.74) is 1.01. The number of hydrogen-bond acceptors (Lipinski definition) is 7. The van der Waals surface area contributed by atoms with Crippen molar-refractivity contribution in [3.63, 3.8) is 0 Å². The molecule has 0 saturated heterocycles. The van der Waals surface area contributed by atoms with E-state index in [4.69, 9.17) is 18.6 Å². The topological polar surface area (TPSA) is 95.7 Å². The van der Waals surface area contributed by atoms with Gasteiger partial charge in [-0.1, -0.05) is 27.1 Å². The molecule has 1 aromatic heterocycles. The molecular weight excluding hydrogens is 418 g/mol. The van der Waals surface area contributed by atoms with E-state index < -0.39 is 5.91 Å². The second kappa shape index (κ2) is 8.09. The van der Waals surface area contributed by atoms with Gasteiger partial charge in [0.1, 0.15) is 0 Å². The maximum absolute atomic E-state index is 12.6. The van der Waals surface area contributed by atoms with Gasteiger partial charge < -0.3 is 18.6 Å². The number of methoxy groups -OCH3 is 3. The summed E-state index contributed by atoms with van der Waals surface area (Å²) in [6, 6.07) is 10.4. The van der Waals surface area contributed by atoms with Crippen molar-refractivity contribution >= 4 is 27.9 Å². The Bertz CT molecular complexity index is 948. The van der Waals surface area contributed by atoms with Crippen molar-refractivity contribution in [2.75, 3.05) is 26.6 Å². The molecule has 0 aliphatic rings. The van der Waals surface area contributed by atoms with Gasteiger partial charge in [-0.3, -0.25) is 10.1 Å². The summed E-state index contributed by atoms with van der Waals surface area (Å²) < 4.78 is 22.1. The summed E-state index contributed by atoms with van der Waals surface area (Å²) in [6.45, 7) is 0. The summed E-state index contributed by atoms with van der Waals surface area (Å²) in [6.07, 6.45) is 0. The van der Waals surface area contributed by atoms with Crippen molar-refractivity contribution in [3.8, 4) is 28.7 Å². The number of anilines is 1. The highest BCUT2D eigenvalue weighted by Crippen LogP contribution is 2.38. The standard InChI is InChI=1S/C18H16BrN3O5/c1-24-13-8-11(9-14(25-2)15(13)26-3)16(23)20-18-22-21-17(27-18)10-5-4-6-12(19)7-10/h4-9H,1-3H3,(H,20,22,23). The number of benzene rings is 2. The molecule has 0 unspecified atom stereocenters. The van der Waals surface area contributed by atoms with E-state index in [2.05, 4.69) is 31.4 Å². The van der Waals surface area contributed by atoms with Crippen LogP contribution in [-0.2, 0) is 0 Å². The highest BCUT2D eigenvalue weighted by atomic mass is 79.9. The van der Waals surface area contributed by atoms with Crippen LogP contribution in [0.25, 0.3) is 11.5 Å². The molecule has 1 heterocycles. The third kappa shape index (κ3) is 4.03. The smallest absolute Gasteiger partial charge is 0.322 e. The van der Waals surface area contributed by atoms with E-state index in [9.17, 15) is 4.79 Å². The summed E-state index contributed by atoms with van der Waals surface area (Å²) in [4.78, 5) is 12.6. The molecule has 0 saturated carbocycles. The zero-order chi connectivity index (χ0) is 19.4. The lowest BCUT2D eigenvalue weighted by Gasteiger charge is -2.13. The Hall–Kier alpha value is -3.07. The van der Waals surface area contributed by atoms with Crippen molar-refractivity contribution < 1.29 is 23.4 Å². The fourth-order valence-corrected chi connectivity index (χ4v) is 2.79. The van der Waals surface area contributed by atoms with Crippen LogP contribution in [0.5, 0.6) is 17.2 Å². The first-order valence-electron chi connectivity index (χ1n) is 7.76. The van der Waals surface area contributed by atoms with Crippen LogP contribution in [0.3, 0.4) is 0 Å². The number of ether oxygens (including phenoxy) is 3. The molecule has 1 N–H and O–H groups in total. The maximum Gasteiger partial charge on any atom is 0.322 e. The minimum atomic E-state index is -0.460. The van der Waals surface area contributed by atoms with Crippen molar-refractivity contribution in [3.05, 3.63) is 46.4 Å². The van der Waals surface area contributed by atoms with E-state index in [1.807, 2.05) is 24.3 Å². The number of rotatable bonds is 6. The predicted molar refractivity (Wildman–Crippen MR) is 101 cm³/mol. The zero-order valence-corrected chi connectivity index (χ0v) is 16.4. The third-order valence-corrected chi connectivity index (χ3v) is 4.14. The number of aromatic nitrogens is 2. The first-order valence-corrected chi connectivity index (χ1v) is 8.55. The highest BCUT2D eigenvalue weighted by Gasteiger charge is 2.19. The molecule has 2 aromatic carbocycles. The van der Waals surface area contributed by atoms with Crippen LogP contribution in [0.2, 0.25) is 0 Å². The largest absolute Gasteiger partial charge is 0.493 e. The molecule has 1 amide bonds. The molecular formula is C18H16BrN3O5. The molecule has 0 fully saturated rings. The van der Waals surface area contributed by atoms with Crippen LogP contribution in [0, 0.1) is 0 Å². The van der Waals surface area contributed by atoms with Gasteiger partial charge in [-0.15, -0.1) is 5.10 Å². The van der Waals surface area contributed by atoms with Gasteiger partial charge in [0.05, 0.1) is 21.3 Å². The Balaban J connectivity index is 1.84. The predicted octanol–water partition coefficient (Wildman–Crippen LogP) is 3.78. The van der Waals surface area contributed by atoms with E-state index in [0.717, 1.165) is 10.0 Å². The van der Waals surface area contributed by atoms with Crippen LogP contribution in [0.15, 0.2) is 45.3 Å². The van der Waals surface area contributed by atoms with Gasteiger partial charge in [-0.05, 0) is 30.3 Å². The van der Waals surface area contributed by atoms with E-state index in [0.29, 0.717) is 17.2 Å². The maximum atomic E-state index is 12.6. The van der Waals surface area contributed by atoms with Crippen LogP contribution in [0.1, 0.15) is 10.4 Å². The van der Waals surface area contributed by atoms with Gasteiger partial charge in [-0.2, -0.15) is 0 Å². The normalized spacial score (nSPS) is 10.4. The molecule has 3 aromatic rings. The van der Waals surface area contributed by atoms with Gasteiger partial charge in [-0.25, -0.2) is 0 Å². The number of amides is 1. The zero-order valence-electron chi connectivity index (χ0n) is 14.8. The first-order chi connectivity index (χ1) is 13.0. The van der Waals surface area contributed by atoms with Crippen LogP contribution in [0.4, 0.5) is 6.01 Å². The van der Waals surface area contributed by atoms with E-state index in [1.165, 1.54) is 33.5 Å². The fourth-order valence-electron chi connectivity index (χ4n) is 2.39. The highest BCUT2D eigenvalue weighted by molar-refractivity contribution is 9.10. The molecule has 0 aliphatic heterocycles. The number of halogens is 1. The molecule has 140 valence electrons.